The van der Waals surface area contributed by atoms with Gasteiger partial charge in [-0.2, -0.15) is 0 Å². The van der Waals surface area contributed by atoms with Crippen LogP contribution in [0.25, 0.3) is 28.1 Å². The second-order valence-corrected chi connectivity index (χ2v) is 7.07. The average molecular weight is 354 g/mol. The van der Waals surface area contributed by atoms with Crippen molar-refractivity contribution in [3.8, 4) is 28.1 Å². The van der Waals surface area contributed by atoms with Gasteiger partial charge in [0, 0.05) is 5.56 Å². The summed E-state index contributed by atoms with van der Waals surface area (Å²) in [6, 6.07) is 24.5. The Bertz CT molecular complexity index is 1150. The molecule has 0 bridgehead atoms. The molecule has 27 heavy (non-hydrogen) atoms. The molecular weight excluding hydrogens is 332 g/mol. The van der Waals surface area contributed by atoms with Crippen LogP contribution in [0.15, 0.2) is 77.6 Å². The van der Waals surface area contributed by atoms with Crippen molar-refractivity contribution in [3.63, 3.8) is 0 Å². The number of rotatable bonds is 3. The Labute approximate surface area is 158 Å². The quantitative estimate of drug-likeness (QED) is 0.524. The predicted molar refractivity (Wildman–Crippen MR) is 111 cm³/mol. The summed E-state index contributed by atoms with van der Waals surface area (Å²) in [5.74, 6) is 0. The summed E-state index contributed by atoms with van der Waals surface area (Å²) in [5.41, 5.74) is 7.88. The Kier molecular flexibility index (Phi) is 4.28. The van der Waals surface area contributed by atoms with Crippen LogP contribution in [0.4, 0.5) is 0 Å². The van der Waals surface area contributed by atoms with Crippen molar-refractivity contribution in [1.82, 2.24) is 9.78 Å². The number of nitrogens with zero attached hydrogens (tertiary/aromatic N) is 1. The highest BCUT2D eigenvalue weighted by atomic mass is 16.1. The minimum atomic E-state index is -0.0871. The second kappa shape index (κ2) is 6.76. The maximum atomic E-state index is 13.0. The highest BCUT2D eigenvalue weighted by molar-refractivity contribution is 5.82. The molecule has 1 heterocycles. The Balaban J connectivity index is 2.03. The lowest BCUT2D eigenvalue weighted by molar-refractivity contribution is 0.869. The van der Waals surface area contributed by atoms with Crippen molar-refractivity contribution >= 4 is 0 Å². The Hall–Kier alpha value is -3.33. The summed E-state index contributed by atoms with van der Waals surface area (Å²) >= 11 is 0. The zero-order valence-electron chi connectivity index (χ0n) is 15.8. The van der Waals surface area contributed by atoms with Crippen molar-refractivity contribution in [2.45, 2.75) is 20.8 Å². The number of aryl methyl sites for hydroxylation is 3. The Morgan fingerprint density at radius 2 is 1.30 bits per heavy atom. The summed E-state index contributed by atoms with van der Waals surface area (Å²) in [5, 5.41) is 3.04. The Morgan fingerprint density at radius 1 is 0.704 bits per heavy atom. The molecule has 0 unspecified atom stereocenters. The summed E-state index contributed by atoms with van der Waals surface area (Å²) in [4.78, 5) is 13.0. The van der Waals surface area contributed by atoms with E-state index in [1.165, 1.54) is 11.1 Å². The van der Waals surface area contributed by atoms with E-state index in [4.69, 9.17) is 0 Å². The number of benzene rings is 3. The van der Waals surface area contributed by atoms with Crippen LogP contribution >= 0.6 is 0 Å². The normalized spacial score (nSPS) is 10.9. The fourth-order valence-corrected chi connectivity index (χ4v) is 3.37. The van der Waals surface area contributed by atoms with E-state index in [2.05, 4.69) is 55.3 Å². The fourth-order valence-electron chi connectivity index (χ4n) is 3.37. The van der Waals surface area contributed by atoms with E-state index >= 15 is 0 Å². The van der Waals surface area contributed by atoms with Crippen molar-refractivity contribution in [3.05, 3.63) is 99.8 Å². The van der Waals surface area contributed by atoms with E-state index in [1.807, 2.05) is 48.0 Å². The van der Waals surface area contributed by atoms with E-state index in [-0.39, 0.29) is 5.56 Å². The number of aromatic nitrogens is 2. The van der Waals surface area contributed by atoms with Gasteiger partial charge in [0.25, 0.3) is 5.56 Å². The van der Waals surface area contributed by atoms with Crippen LogP contribution in [0.1, 0.15) is 16.7 Å². The van der Waals surface area contributed by atoms with Crippen LogP contribution in [0, 0.1) is 20.8 Å². The minimum Gasteiger partial charge on any atom is -0.267 e. The first-order valence-corrected chi connectivity index (χ1v) is 9.09. The van der Waals surface area contributed by atoms with Crippen LogP contribution in [0.3, 0.4) is 0 Å². The molecule has 1 N–H and O–H groups in total. The molecule has 134 valence electrons. The van der Waals surface area contributed by atoms with Gasteiger partial charge in [0.05, 0.1) is 16.9 Å². The molecule has 0 spiro atoms. The lowest BCUT2D eigenvalue weighted by Crippen LogP contribution is -2.05. The third-order valence-electron chi connectivity index (χ3n) is 4.83. The topological polar surface area (TPSA) is 37.8 Å². The molecule has 3 heteroatoms. The van der Waals surface area contributed by atoms with E-state index in [9.17, 15) is 4.79 Å². The summed E-state index contributed by atoms with van der Waals surface area (Å²) < 4.78 is 1.90. The molecule has 0 saturated carbocycles. The molecule has 4 aromatic rings. The highest BCUT2D eigenvalue weighted by Crippen LogP contribution is 2.32. The first kappa shape index (κ1) is 17.1. The van der Waals surface area contributed by atoms with Crippen molar-refractivity contribution in [2.24, 2.45) is 0 Å². The maximum Gasteiger partial charge on any atom is 0.272 e. The molecular formula is C24H22N2O. The van der Waals surface area contributed by atoms with Crippen LogP contribution < -0.4 is 5.56 Å². The van der Waals surface area contributed by atoms with Gasteiger partial charge in [-0.15, -0.1) is 0 Å². The van der Waals surface area contributed by atoms with Gasteiger partial charge < -0.3 is 0 Å². The molecule has 1 aromatic heterocycles. The molecule has 0 aliphatic carbocycles. The molecule has 0 atom stereocenters. The molecule has 0 aliphatic rings. The summed E-state index contributed by atoms with van der Waals surface area (Å²) in [6.45, 7) is 6.17. The minimum absolute atomic E-state index is 0.0871. The van der Waals surface area contributed by atoms with Crippen molar-refractivity contribution in [2.75, 3.05) is 0 Å². The Morgan fingerprint density at radius 3 is 1.89 bits per heavy atom. The number of aromatic amines is 1. The van der Waals surface area contributed by atoms with E-state index < -0.39 is 0 Å². The van der Waals surface area contributed by atoms with Gasteiger partial charge in [-0.1, -0.05) is 71.8 Å². The van der Waals surface area contributed by atoms with E-state index in [1.54, 1.807) is 0 Å². The zero-order chi connectivity index (χ0) is 19.0. The molecule has 3 nitrogen and oxygen atoms in total. The maximum absolute atomic E-state index is 13.0. The van der Waals surface area contributed by atoms with E-state index in [0.29, 0.717) is 5.56 Å². The molecule has 0 fully saturated rings. The lowest BCUT2D eigenvalue weighted by atomic mass is 9.99. The van der Waals surface area contributed by atoms with Crippen molar-refractivity contribution in [1.29, 1.82) is 0 Å². The van der Waals surface area contributed by atoms with Gasteiger partial charge in [-0.25, -0.2) is 0 Å². The molecule has 0 saturated heterocycles. The van der Waals surface area contributed by atoms with Gasteiger partial charge in [-0.3, -0.25) is 14.6 Å². The van der Waals surface area contributed by atoms with Crippen molar-refractivity contribution < 1.29 is 0 Å². The lowest BCUT2D eigenvalue weighted by Gasteiger charge is -2.12. The smallest absolute Gasteiger partial charge is 0.267 e. The molecule has 0 radical (unpaired) electrons. The van der Waals surface area contributed by atoms with Gasteiger partial charge in [0.15, 0.2) is 0 Å². The molecule has 4 rings (SSSR count). The van der Waals surface area contributed by atoms with Crippen LogP contribution in [0.5, 0.6) is 0 Å². The van der Waals surface area contributed by atoms with Gasteiger partial charge in [0.2, 0.25) is 0 Å². The SMILES string of the molecule is Cc1ccc(-c2c(-c3ccc(C)cc3)n(-c3cccc(C)c3)[nH]c2=O)cc1. The molecule has 3 aromatic carbocycles. The predicted octanol–water partition coefficient (Wildman–Crippen LogP) is 5.42. The molecule has 0 amide bonds. The van der Waals surface area contributed by atoms with Crippen LogP contribution in [0.2, 0.25) is 0 Å². The standard InChI is InChI=1S/C24H22N2O/c1-16-7-11-19(12-8-16)22-23(20-13-9-17(2)10-14-20)26(25-24(22)27)21-6-4-5-18(3)15-21/h4-15H,1-3H3,(H,25,27). The third-order valence-corrected chi connectivity index (χ3v) is 4.83. The van der Waals surface area contributed by atoms with Crippen LogP contribution in [-0.4, -0.2) is 9.78 Å². The summed E-state index contributed by atoms with van der Waals surface area (Å²) in [6.07, 6.45) is 0. The highest BCUT2D eigenvalue weighted by Gasteiger charge is 2.19. The van der Waals surface area contributed by atoms with Gasteiger partial charge in [-0.05, 0) is 44.0 Å². The second-order valence-electron chi connectivity index (χ2n) is 7.07. The number of nitrogens with one attached hydrogen (secondary N) is 1. The first-order valence-electron chi connectivity index (χ1n) is 9.09. The fraction of sp³-hybridized carbons (Fsp3) is 0.125. The van der Waals surface area contributed by atoms with E-state index in [0.717, 1.165) is 28.1 Å². The average Bonchev–Trinajstić information content (AvgIpc) is 3.00. The first-order chi connectivity index (χ1) is 13.0. The monoisotopic (exact) mass is 354 g/mol. The number of hydrogen-bond acceptors (Lipinski definition) is 1. The van der Waals surface area contributed by atoms with Crippen LogP contribution in [-0.2, 0) is 0 Å². The largest absolute Gasteiger partial charge is 0.272 e. The van der Waals surface area contributed by atoms with Gasteiger partial charge >= 0.3 is 0 Å². The number of H-pyrrole nitrogens is 1. The molecule has 0 aliphatic heterocycles. The zero-order valence-corrected chi connectivity index (χ0v) is 15.8. The third kappa shape index (κ3) is 3.24. The van der Waals surface area contributed by atoms with Gasteiger partial charge in [0.1, 0.15) is 0 Å². The number of hydrogen-bond donors (Lipinski definition) is 1. The summed E-state index contributed by atoms with van der Waals surface area (Å²) in [7, 11) is 0.